The molecule has 0 amide bonds. The van der Waals surface area contributed by atoms with Crippen LogP contribution in [0.2, 0.25) is 5.02 Å². The molecule has 26 heavy (non-hydrogen) atoms. The Labute approximate surface area is 158 Å². The number of benzene rings is 1. The SMILES string of the molecule is CCCc1noc(CN2CCC(NS(=O)(=O)c3ccc(Cl)cc3)CC2)n1. The molecule has 1 aliphatic rings. The maximum absolute atomic E-state index is 12.4. The van der Waals surface area contributed by atoms with Crippen LogP contribution in [-0.2, 0) is 23.0 Å². The minimum Gasteiger partial charge on any atom is -0.338 e. The topological polar surface area (TPSA) is 88.3 Å². The van der Waals surface area contributed by atoms with Crippen LogP contribution in [0.1, 0.15) is 37.9 Å². The molecule has 3 rings (SSSR count). The fraction of sp³-hybridized carbons (Fsp3) is 0.529. The van der Waals surface area contributed by atoms with Crippen LogP contribution in [0.3, 0.4) is 0 Å². The summed E-state index contributed by atoms with van der Waals surface area (Å²) in [6, 6.07) is 6.11. The van der Waals surface area contributed by atoms with Gasteiger partial charge < -0.3 is 4.52 Å². The summed E-state index contributed by atoms with van der Waals surface area (Å²) in [5.41, 5.74) is 0. The fourth-order valence-corrected chi connectivity index (χ4v) is 4.41. The molecule has 0 radical (unpaired) electrons. The van der Waals surface area contributed by atoms with Gasteiger partial charge in [-0.2, -0.15) is 4.98 Å². The lowest BCUT2D eigenvalue weighted by atomic mass is 10.1. The van der Waals surface area contributed by atoms with Crippen molar-refractivity contribution in [2.75, 3.05) is 13.1 Å². The molecular formula is C17H23ClN4O3S. The van der Waals surface area contributed by atoms with E-state index in [0.717, 1.165) is 44.6 Å². The molecule has 0 spiro atoms. The van der Waals surface area contributed by atoms with Crippen LogP contribution in [0, 0.1) is 0 Å². The number of halogens is 1. The molecule has 1 fully saturated rings. The van der Waals surface area contributed by atoms with Crippen LogP contribution in [0.4, 0.5) is 0 Å². The van der Waals surface area contributed by atoms with Crippen molar-refractivity contribution in [2.45, 2.75) is 50.1 Å². The highest BCUT2D eigenvalue weighted by atomic mass is 35.5. The molecular weight excluding hydrogens is 376 g/mol. The second kappa shape index (κ2) is 8.47. The molecule has 1 aromatic heterocycles. The normalized spacial score (nSPS) is 16.8. The molecule has 1 N–H and O–H groups in total. The van der Waals surface area contributed by atoms with E-state index in [1.54, 1.807) is 12.1 Å². The Hall–Kier alpha value is -1.48. The Balaban J connectivity index is 1.50. The van der Waals surface area contributed by atoms with Crippen molar-refractivity contribution in [1.82, 2.24) is 19.8 Å². The van der Waals surface area contributed by atoms with Crippen LogP contribution in [0.15, 0.2) is 33.7 Å². The first kappa shape index (κ1) is 19.3. The van der Waals surface area contributed by atoms with Crippen molar-refractivity contribution >= 4 is 21.6 Å². The Morgan fingerprint density at radius 1 is 1.27 bits per heavy atom. The monoisotopic (exact) mass is 398 g/mol. The molecule has 0 atom stereocenters. The maximum Gasteiger partial charge on any atom is 0.240 e. The van der Waals surface area contributed by atoms with Gasteiger partial charge in [0.15, 0.2) is 5.82 Å². The molecule has 1 aliphatic heterocycles. The van der Waals surface area contributed by atoms with Crippen molar-refractivity contribution in [1.29, 1.82) is 0 Å². The molecule has 0 unspecified atom stereocenters. The van der Waals surface area contributed by atoms with Gasteiger partial charge in [-0.1, -0.05) is 23.7 Å². The van der Waals surface area contributed by atoms with Crippen molar-refractivity contribution in [3.05, 3.63) is 41.0 Å². The third-order valence-electron chi connectivity index (χ3n) is 4.38. The first-order chi connectivity index (χ1) is 12.5. The van der Waals surface area contributed by atoms with E-state index in [1.807, 2.05) is 0 Å². The van der Waals surface area contributed by atoms with E-state index >= 15 is 0 Å². The number of rotatable bonds is 7. The number of piperidine rings is 1. The summed E-state index contributed by atoms with van der Waals surface area (Å²) in [5.74, 6) is 1.36. The molecule has 1 aromatic carbocycles. The quantitative estimate of drug-likeness (QED) is 0.771. The molecule has 142 valence electrons. The summed E-state index contributed by atoms with van der Waals surface area (Å²) >= 11 is 5.82. The minimum atomic E-state index is -3.52. The average Bonchev–Trinajstić information content (AvgIpc) is 3.04. The van der Waals surface area contributed by atoms with Crippen LogP contribution >= 0.6 is 11.6 Å². The largest absolute Gasteiger partial charge is 0.338 e. The van der Waals surface area contributed by atoms with E-state index in [4.69, 9.17) is 16.1 Å². The van der Waals surface area contributed by atoms with Crippen molar-refractivity contribution in [3.8, 4) is 0 Å². The number of likely N-dealkylation sites (tertiary alicyclic amines) is 1. The number of hydrogen-bond acceptors (Lipinski definition) is 6. The lowest BCUT2D eigenvalue weighted by molar-refractivity contribution is 0.177. The molecule has 0 saturated carbocycles. The van der Waals surface area contributed by atoms with Crippen molar-refractivity contribution in [3.63, 3.8) is 0 Å². The number of aromatic nitrogens is 2. The second-order valence-corrected chi connectivity index (χ2v) is 8.63. The molecule has 2 heterocycles. The number of hydrogen-bond donors (Lipinski definition) is 1. The second-order valence-electron chi connectivity index (χ2n) is 6.48. The Morgan fingerprint density at radius 2 is 1.96 bits per heavy atom. The lowest BCUT2D eigenvalue weighted by Crippen LogP contribution is -2.44. The van der Waals surface area contributed by atoms with Gasteiger partial charge in [-0.25, -0.2) is 13.1 Å². The van der Waals surface area contributed by atoms with E-state index in [0.29, 0.717) is 17.5 Å². The zero-order valence-electron chi connectivity index (χ0n) is 14.7. The molecule has 2 aromatic rings. The highest BCUT2D eigenvalue weighted by Gasteiger charge is 2.25. The number of aryl methyl sites for hydroxylation is 1. The van der Waals surface area contributed by atoms with Gasteiger partial charge in [0.05, 0.1) is 11.4 Å². The Morgan fingerprint density at radius 3 is 2.62 bits per heavy atom. The van der Waals surface area contributed by atoms with E-state index in [2.05, 4.69) is 26.7 Å². The lowest BCUT2D eigenvalue weighted by Gasteiger charge is -2.31. The zero-order chi connectivity index (χ0) is 18.6. The van der Waals surface area contributed by atoms with E-state index < -0.39 is 10.0 Å². The van der Waals surface area contributed by atoms with Gasteiger partial charge in [0.2, 0.25) is 15.9 Å². The Bertz CT molecular complexity index is 815. The molecule has 1 saturated heterocycles. The molecule has 7 nitrogen and oxygen atoms in total. The van der Waals surface area contributed by atoms with E-state index in [-0.39, 0.29) is 10.9 Å². The smallest absolute Gasteiger partial charge is 0.240 e. The van der Waals surface area contributed by atoms with Crippen LogP contribution < -0.4 is 4.72 Å². The highest BCUT2D eigenvalue weighted by molar-refractivity contribution is 7.89. The van der Waals surface area contributed by atoms with Gasteiger partial charge in [0.1, 0.15) is 0 Å². The highest BCUT2D eigenvalue weighted by Crippen LogP contribution is 2.18. The van der Waals surface area contributed by atoms with Crippen molar-refractivity contribution in [2.24, 2.45) is 0 Å². The summed E-state index contributed by atoms with van der Waals surface area (Å²) in [7, 11) is -3.52. The van der Waals surface area contributed by atoms with Crippen molar-refractivity contribution < 1.29 is 12.9 Å². The Kier molecular flexibility index (Phi) is 6.29. The predicted molar refractivity (Wildman–Crippen MR) is 98.4 cm³/mol. The summed E-state index contributed by atoms with van der Waals surface area (Å²) in [4.78, 5) is 6.82. The average molecular weight is 399 g/mol. The van der Waals surface area contributed by atoms with Gasteiger partial charge in [-0.15, -0.1) is 0 Å². The van der Waals surface area contributed by atoms with Gasteiger partial charge in [-0.3, -0.25) is 4.90 Å². The van der Waals surface area contributed by atoms with E-state index in [1.165, 1.54) is 12.1 Å². The predicted octanol–water partition coefficient (Wildman–Crippen LogP) is 2.62. The van der Waals surface area contributed by atoms with E-state index in [9.17, 15) is 8.42 Å². The first-order valence-electron chi connectivity index (χ1n) is 8.78. The third kappa shape index (κ3) is 5.03. The van der Waals surface area contributed by atoms with Gasteiger partial charge in [-0.05, 0) is 43.5 Å². The number of nitrogens with zero attached hydrogens (tertiary/aromatic N) is 3. The van der Waals surface area contributed by atoms with Gasteiger partial charge in [0, 0.05) is 30.6 Å². The van der Waals surface area contributed by atoms with Crippen LogP contribution in [0.5, 0.6) is 0 Å². The molecule has 0 bridgehead atoms. The zero-order valence-corrected chi connectivity index (χ0v) is 16.3. The summed E-state index contributed by atoms with van der Waals surface area (Å²) < 4.78 is 33.0. The minimum absolute atomic E-state index is 0.0785. The summed E-state index contributed by atoms with van der Waals surface area (Å²) in [6.45, 7) is 4.23. The van der Waals surface area contributed by atoms with Crippen LogP contribution in [0.25, 0.3) is 0 Å². The van der Waals surface area contributed by atoms with Crippen LogP contribution in [-0.4, -0.2) is 42.6 Å². The molecule has 0 aliphatic carbocycles. The van der Waals surface area contributed by atoms with Gasteiger partial charge in [0.25, 0.3) is 0 Å². The third-order valence-corrected chi connectivity index (χ3v) is 6.16. The first-order valence-corrected chi connectivity index (χ1v) is 10.6. The number of nitrogens with one attached hydrogen (secondary N) is 1. The number of sulfonamides is 1. The standard InChI is InChI=1S/C17H23ClN4O3S/c1-2-3-16-19-17(25-20-16)12-22-10-8-14(9-11-22)21-26(23,24)15-6-4-13(18)5-7-15/h4-7,14,21H,2-3,8-12H2,1H3. The molecule has 9 heteroatoms. The summed E-state index contributed by atoms with van der Waals surface area (Å²) in [5, 5.41) is 4.47. The maximum atomic E-state index is 12.4. The fourth-order valence-electron chi connectivity index (χ4n) is 2.98. The summed E-state index contributed by atoms with van der Waals surface area (Å²) in [6.07, 6.45) is 3.28. The van der Waals surface area contributed by atoms with Gasteiger partial charge >= 0.3 is 0 Å².